The Hall–Kier alpha value is -6.63. The van der Waals surface area contributed by atoms with Gasteiger partial charge in [0.15, 0.2) is 5.78 Å². The maximum absolute atomic E-state index is 14.8. The van der Waals surface area contributed by atoms with E-state index in [9.17, 15) is 22.4 Å². The molecule has 390 valence electrons. The molecule has 1 saturated heterocycles. The van der Waals surface area contributed by atoms with Crippen molar-refractivity contribution in [2.45, 2.75) is 145 Å². The minimum Gasteiger partial charge on any atom is -0.359 e. The zero-order valence-electron chi connectivity index (χ0n) is 43.8. The minimum atomic E-state index is -2.70. The average molecular weight is 1020 g/mol. The van der Waals surface area contributed by atoms with E-state index in [1.807, 2.05) is 61.5 Å². The number of aromatic nitrogens is 2. The molecular weight excluding hydrogens is 951 g/mol. The normalized spacial score (nSPS) is 23.8. The second-order valence-corrected chi connectivity index (χ2v) is 23.1. The molecule has 4 aliphatic rings. The van der Waals surface area contributed by atoms with E-state index >= 15 is 0 Å². The summed E-state index contributed by atoms with van der Waals surface area (Å²) in [7, 11) is 0. The van der Waals surface area contributed by atoms with Gasteiger partial charge in [0.1, 0.15) is 0 Å². The highest BCUT2D eigenvalue weighted by atomic mass is 19.3. The van der Waals surface area contributed by atoms with Gasteiger partial charge < -0.3 is 4.90 Å². The molecule has 7 aromatic rings. The number of hydrogen-bond donors (Lipinski definition) is 0. The molecule has 5 aromatic carbocycles. The Bertz CT molecular complexity index is 3290. The number of allylic oxidation sites excluding steroid dienone is 3. The third-order valence-electron chi connectivity index (χ3n) is 17.5. The lowest BCUT2D eigenvalue weighted by atomic mass is 9.67. The van der Waals surface area contributed by atoms with Crippen LogP contribution < -0.4 is 0 Å². The molecule has 0 amide bonds. The number of rotatable bonds is 14. The van der Waals surface area contributed by atoms with Crippen molar-refractivity contribution in [3.8, 4) is 22.3 Å². The van der Waals surface area contributed by atoms with Gasteiger partial charge in [-0.05, 0) is 146 Å². The molecular formula is C68H69F4N3O. The van der Waals surface area contributed by atoms with E-state index in [0.29, 0.717) is 32.1 Å². The molecule has 4 fully saturated rings. The number of benzene rings is 5. The molecule has 2 aromatic heterocycles. The van der Waals surface area contributed by atoms with E-state index in [0.717, 1.165) is 129 Å². The van der Waals surface area contributed by atoms with Crippen LogP contribution in [0.3, 0.4) is 0 Å². The van der Waals surface area contributed by atoms with Gasteiger partial charge in [-0.3, -0.25) is 14.8 Å². The second kappa shape index (κ2) is 21.8. The molecule has 0 radical (unpaired) electrons. The van der Waals surface area contributed by atoms with Crippen LogP contribution in [0.25, 0.3) is 44.1 Å². The van der Waals surface area contributed by atoms with E-state index in [1.54, 1.807) is 0 Å². The molecule has 6 atom stereocenters. The Labute approximate surface area is 446 Å². The van der Waals surface area contributed by atoms with Crippen LogP contribution in [-0.2, 0) is 4.79 Å². The first-order valence-corrected chi connectivity index (χ1v) is 28.0. The molecule has 4 nitrogen and oxygen atoms in total. The number of hydrogen-bond acceptors (Lipinski definition) is 4. The third kappa shape index (κ3) is 11.4. The van der Waals surface area contributed by atoms with E-state index in [1.165, 1.54) is 0 Å². The van der Waals surface area contributed by atoms with Crippen LogP contribution >= 0.6 is 0 Å². The maximum Gasteiger partial charge on any atom is 0.248 e. The minimum absolute atomic E-state index is 0.00402. The van der Waals surface area contributed by atoms with Gasteiger partial charge in [-0.2, -0.15) is 0 Å². The topological polar surface area (TPSA) is 46.1 Å². The Morgan fingerprint density at radius 2 is 1.25 bits per heavy atom. The summed E-state index contributed by atoms with van der Waals surface area (Å²) in [5, 5.41) is 2.11. The number of carbonyl (C=O) groups is 1. The summed E-state index contributed by atoms with van der Waals surface area (Å²) in [6, 6.07) is 50.2. The van der Waals surface area contributed by atoms with Gasteiger partial charge in [-0.25, -0.2) is 17.6 Å². The van der Waals surface area contributed by atoms with Crippen LogP contribution in [0, 0.1) is 11.3 Å². The fraction of sp³-hybridized carbons (Fsp3) is 0.382. The van der Waals surface area contributed by atoms with Gasteiger partial charge in [-0.1, -0.05) is 147 Å². The third-order valence-corrected chi connectivity index (χ3v) is 17.5. The van der Waals surface area contributed by atoms with E-state index in [-0.39, 0.29) is 55.3 Å². The van der Waals surface area contributed by atoms with Crippen LogP contribution in [0.15, 0.2) is 175 Å². The van der Waals surface area contributed by atoms with Crippen molar-refractivity contribution in [2.24, 2.45) is 11.3 Å². The first-order valence-electron chi connectivity index (χ1n) is 28.0. The number of ketones is 1. The van der Waals surface area contributed by atoms with Gasteiger partial charge in [0, 0.05) is 66.4 Å². The summed E-state index contributed by atoms with van der Waals surface area (Å²) in [4.78, 5) is 27.5. The Morgan fingerprint density at radius 3 is 1.88 bits per heavy atom. The number of likely N-dealkylation sites (tertiary alicyclic amines) is 1. The van der Waals surface area contributed by atoms with Crippen LogP contribution in [0.2, 0.25) is 0 Å². The smallest absolute Gasteiger partial charge is 0.248 e. The quantitative estimate of drug-likeness (QED) is 0.0619. The summed E-state index contributed by atoms with van der Waals surface area (Å²) in [6.45, 7) is 6.97. The number of pyridine rings is 2. The molecule has 3 heterocycles. The fourth-order valence-corrected chi connectivity index (χ4v) is 13.7. The summed E-state index contributed by atoms with van der Waals surface area (Å²) in [6.07, 6.45) is 10.8. The van der Waals surface area contributed by atoms with Crippen LogP contribution in [0.4, 0.5) is 17.6 Å². The van der Waals surface area contributed by atoms with Crippen molar-refractivity contribution in [1.82, 2.24) is 14.9 Å². The van der Waals surface area contributed by atoms with Gasteiger partial charge in [0.2, 0.25) is 11.8 Å². The SMILES string of the molecule is C=C=C(C(CC1CCCC(F)(F)C1)c1ccccc1)N1CCCC1c1ccc2ccc(-c3ccc(-c4ccc5ccc(C6CCCC/C6=C/C(=O)C(CC6(C)CCCC(F)(F)C6)c6ccccc6)nc5c4)cc3)cc2n1. The zero-order chi connectivity index (χ0) is 52.4. The lowest BCUT2D eigenvalue weighted by Gasteiger charge is -2.40. The first kappa shape index (κ1) is 51.5. The number of nitrogens with zero attached hydrogens (tertiary/aromatic N) is 3. The lowest BCUT2D eigenvalue weighted by Crippen LogP contribution is -2.35. The van der Waals surface area contributed by atoms with E-state index in [2.05, 4.69) is 114 Å². The number of fused-ring (bicyclic) bond motifs is 2. The molecule has 0 N–H and O–H groups in total. The molecule has 3 saturated carbocycles. The first-order chi connectivity index (χ1) is 36.8. The number of carbonyl (C=O) groups excluding carboxylic acids is 1. The van der Waals surface area contributed by atoms with Crippen molar-refractivity contribution in [1.29, 1.82) is 0 Å². The lowest BCUT2D eigenvalue weighted by molar-refractivity contribution is -0.118. The highest BCUT2D eigenvalue weighted by molar-refractivity contribution is 5.96. The molecule has 8 heteroatoms. The number of halogens is 4. The molecule has 6 unspecified atom stereocenters. The molecule has 0 spiro atoms. The Balaban J connectivity index is 0.816. The van der Waals surface area contributed by atoms with Gasteiger partial charge in [-0.15, -0.1) is 5.73 Å². The molecule has 3 aliphatic carbocycles. The summed E-state index contributed by atoms with van der Waals surface area (Å²) < 4.78 is 59.0. The van der Waals surface area contributed by atoms with Crippen LogP contribution in [-0.4, -0.2) is 39.0 Å². The van der Waals surface area contributed by atoms with E-state index < -0.39 is 23.2 Å². The van der Waals surface area contributed by atoms with Crippen molar-refractivity contribution in [3.05, 3.63) is 198 Å². The van der Waals surface area contributed by atoms with E-state index in [4.69, 9.17) is 9.97 Å². The summed E-state index contributed by atoms with van der Waals surface area (Å²) in [5.41, 5.74) is 14.9. The van der Waals surface area contributed by atoms with Gasteiger partial charge in [0.05, 0.1) is 28.5 Å². The summed E-state index contributed by atoms with van der Waals surface area (Å²) >= 11 is 0. The monoisotopic (exact) mass is 1020 g/mol. The second-order valence-electron chi connectivity index (χ2n) is 23.1. The Kier molecular flexibility index (Phi) is 14.7. The van der Waals surface area contributed by atoms with Crippen molar-refractivity contribution in [3.63, 3.8) is 0 Å². The maximum atomic E-state index is 14.8. The highest BCUT2D eigenvalue weighted by Crippen LogP contribution is 2.50. The molecule has 11 rings (SSSR count). The van der Waals surface area contributed by atoms with Crippen molar-refractivity contribution >= 4 is 27.6 Å². The fourth-order valence-electron chi connectivity index (χ4n) is 13.7. The predicted molar refractivity (Wildman–Crippen MR) is 300 cm³/mol. The zero-order valence-corrected chi connectivity index (χ0v) is 43.8. The average Bonchev–Trinajstić information content (AvgIpc) is 3.93. The Morgan fingerprint density at radius 1 is 0.658 bits per heavy atom. The van der Waals surface area contributed by atoms with Gasteiger partial charge >= 0.3 is 0 Å². The largest absolute Gasteiger partial charge is 0.359 e. The number of alkyl halides is 4. The van der Waals surface area contributed by atoms with Crippen LogP contribution in [0.1, 0.15) is 156 Å². The standard InChI is InChI=1S/C68H69F4N3O/c1-3-63(57(49-16-6-4-7-17-49)39-46-15-12-36-67(69,70)43-46)75-38-13-22-64(75)60-34-32-52-28-30-54(41-62(52)74-60)48-25-23-47(24-26-48)53-29-27-51-31-33-59(73-61(51)40-53)56-21-11-10-20-55(56)42-65(76)58(50-18-8-5-9-19-50)44-66(2)35-14-37-68(71,72)45-66/h4-9,16-19,23-34,40-42,46,56-58,64H,1,10-15,20-22,35-39,43-45H2,2H3/b55-42-. The van der Waals surface area contributed by atoms with Crippen LogP contribution in [0.5, 0.6) is 0 Å². The molecule has 76 heavy (non-hydrogen) atoms. The molecule has 0 bridgehead atoms. The van der Waals surface area contributed by atoms with Crippen molar-refractivity contribution in [2.75, 3.05) is 6.54 Å². The van der Waals surface area contributed by atoms with Crippen molar-refractivity contribution < 1.29 is 22.4 Å². The summed E-state index contributed by atoms with van der Waals surface area (Å²) in [5.74, 6) is -5.94. The van der Waals surface area contributed by atoms with Gasteiger partial charge in [0.25, 0.3) is 0 Å². The molecule has 1 aliphatic heterocycles. The highest BCUT2D eigenvalue weighted by Gasteiger charge is 2.45. The predicted octanol–water partition coefficient (Wildman–Crippen LogP) is 18.5.